The Labute approximate surface area is 192 Å². The summed E-state index contributed by atoms with van der Waals surface area (Å²) >= 11 is 0. The average Bonchev–Trinajstić information content (AvgIpc) is 2.72. The lowest BCUT2D eigenvalue weighted by molar-refractivity contribution is -0.181. The standard InChI is InChI=1S/C19H28F3N5O2.HI/c1-14(19(20,21)22)26-8-10-27(11-9-26)18(23-2)25-13-17(28)24-12-15-4-6-16(29-3)7-5-15;/h4-7,14H,8-13H2,1-3H3,(H,23,25)(H,24,28);1H. The van der Waals surface area contributed by atoms with Crippen molar-refractivity contribution in [2.24, 2.45) is 4.99 Å². The van der Waals surface area contributed by atoms with E-state index in [1.54, 1.807) is 14.2 Å². The molecular weight excluding hydrogens is 514 g/mol. The maximum Gasteiger partial charge on any atom is 0.403 e. The lowest BCUT2D eigenvalue weighted by Gasteiger charge is -2.39. The van der Waals surface area contributed by atoms with Gasteiger partial charge in [-0.05, 0) is 24.6 Å². The summed E-state index contributed by atoms with van der Waals surface area (Å²) in [6.45, 7) is 2.98. The maximum atomic E-state index is 12.9. The van der Waals surface area contributed by atoms with Crippen LogP contribution in [-0.2, 0) is 11.3 Å². The van der Waals surface area contributed by atoms with Crippen LogP contribution in [0.1, 0.15) is 12.5 Å². The molecule has 1 aliphatic rings. The number of piperazine rings is 1. The van der Waals surface area contributed by atoms with Gasteiger partial charge >= 0.3 is 6.18 Å². The third kappa shape index (κ3) is 7.82. The van der Waals surface area contributed by atoms with E-state index in [4.69, 9.17) is 4.74 Å². The van der Waals surface area contributed by atoms with Gasteiger partial charge in [0.15, 0.2) is 5.96 Å². The van der Waals surface area contributed by atoms with Crippen LogP contribution in [0.5, 0.6) is 5.75 Å². The minimum atomic E-state index is -4.23. The molecule has 1 amide bonds. The van der Waals surface area contributed by atoms with Gasteiger partial charge in [0.2, 0.25) is 5.91 Å². The Hall–Kier alpha value is -1.76. The first-order chi connectivity index (χ1) is 13.7. The lowest BCUT2D eigenvalue weighted by Crippen LogP contribution is -2.57. The van der Waals surface area contributed by atoms with Gasteiger partial charge in [-0.2, -0.15) is 13.2 Å². The fourth-order valence-electron chi connectivity index (χ4n) is 3.03. The number of carbonyl (C=O) groups is 1. The second-order valence-electron chi connectivity index (χ2n) is 6.77. The molecule has 2 rings (SSSR count). The molecule has 1 heterocycles. The van der Waals surface area contributed by atoms with E-state index in [9.17, 15) is 18.0 Å². The van der Waals surface area contributed by atoms with Crippen LogP contribution in [0.25, 0.3) is 0 Å². The Morgan fingerprint density at radius 3 is 2.27 bits per heavy atom. The van der Waals surface area contributed by atoms with Crippen LogP contribution in [0.3, 0.4) is 0 Å². The number of carbonyl (C=O) groups excluding carboxylic acids is 1. The molecule has 1 aromatic carbocycles. The van der Waals surface area contributed by atoms with Crippen LogP contribution in [0.4, 0.5) is 13.2 Å². The van der Waals surface area contributed by atoms with Crippen molar-refractivity contribution in [1.82, 2.24) is 20.4 Å². The number of guanidine groups is 1. The number of benzene rings is 1. The number of hydrogen-bond donors (Lipinski definition) is 2. The van der Waals surface area contributed by atoms with Crippen molar-refractivity contribution < 1.29 is 22.7 Å². The van der Waals surface area contributed by atoms with Crippen molar-refractivity contribution in [3.63, 3.8) is 0 Å². The topological polar surface area (TPSA) is 69.2 Å². The predicted molar refractivity (Wildman–Crippen MR) is 120 cm³/mol. The Kier molecular flexibility index (Phi) is 10.7. The molecule has 0 aliphatic carbocycles. The number of alkyl halides is 3. The van der Waals surface area contributed by atoms with Gasteiger partial charge < -0.3 is 20.3 Å². The molecule has 2 N–H and O–H groups in total. The zero-order valence-corrected chi connectivity index (χ0v) is 19.7. The molecule has 170 valence electrons. The van der Waals surface area contributed by atoms with Gasteiger partial charge in [-0.25, -0.2) is 0 Å². The highest BCUT2D eigenvalue weighted by molar-refractivity contribution is 14.0. The third-order valence-electron chi connectivity index (χ3n) is 4.90. The number of methoxy groups -OCH3 is 1. The van der Waals surface area contributed by atoms with Crippen molar-refractivity contribution >= 4 is 35.8 Å². The Morgan fingerprint density at radius 1 is 1.17 bits per heavy atom. The summed E-state index contributed by atoms with van der Waals surface area (Å²) in [6, 6.07) is 5.91. The highest BCUT2D eigenvalue weighted by Gasteiger charge is 2.41. The minimum Gasteiger partial charge on any atom is -0.497 e. The summed E-state index contributed by atoms with van der Waals surface area (Å²) in [5.41, 5.74) is 0.943. The van der Waals surface area contributed by atoms with Crippen LogP contribution in [0.2, 0.25) is 0 Å². The summed E-state index contributed by atoms with van der Waals surface area (Å²) in [4.78, 5) is 19.5. The van der Waals surface area contributed by atoms with Crippen LogP contribution in [0, 0.1) is 0 Å². The number of ether oxygens (including phenoxy) is 1. The maximum absolute atomic E-state index is 12.9. The van der Waals surface area contributed by atoms with E-state index in [-0.39, 0.29) is 49.5 Å². The molecule has 0 saturated carbocycles. The van der Waals surface area contributed by atoms with Crippen molar-refractivity contribution in [3.05, 3.63) is 29.8 Å². The summed E-state index contributed by atoms with van der Waals surface area (Å²) in [6.07, 6.45) is -4.23. The van der Waals surface area contributed by atoms with Gasteiger partial charge in [-0.15, -0.1) is 24.0 Å². The zero-order chi connectivity index (χ0) is 21.4. The third-order valence-corrected chi connectivity index (χ3v) is 4.90. The SMILES string of the molecule is CN=C(NCC(=O)NCc1ccc(OC)cc1)N1CCN(C(C)C(F)(F)F)CC1.I. The van der Waals surface area contributed by atoms with Gasteiger partial charge in [0.25, 0.3) is 0 Å². The summed E-state index contributed by atoms with van der Waals surface area (Å²) < 4.78 is 43.7. The first-order valence-electron chi connectivity index (χ1n) is 9.40. The Morgan fingerprint density at radius 2 is 1.77 bits per heavy atom. The molecule has 0 bridgehead atoms. The largest absolute Gasteiger partial charge is 0.497 e. The van der Waals surface area contributed by atoms with Gasteiger partial charge in [0.1, 0.15) is 11.8 Å². The van der Waals surface area contributed by atoms with Crippen LogP contribution in [0.15, 0.2) is 29.3 Å². The molecule has 1 saturated heterocycles. The van der Waals surface area contributed by atoms with Gasteiger partial charge in [0.05, 0.1) is 13.7 Å². The van der Waals surface area contributed by atoms with E-state index >= 15 is 0 Å². The normalized spacial score (nSPS) is 16.5. The minimum absolute atomic E-state index is 0. The number of rotatable bonds is 6. The van der Waals surface area contributed by atoms with Crippen LogP contribution >= 0.6 is 24.0 Å². The molecule has 0 spiro atoms. The van der Waals surface area contributed by atoms with Crippen LogP contribution < -0.4 is 15.4 Å². The van der Waals surface area contributed by atoms with E-state index < -0.39 is 12.2 Å². The monoisotopic (exact) mass is 543 g/mol. The zero-order valence-electron chi connectivity index (χ0n) is 17.3. The highest BCUT2D eigenvalue weighted by atomic mass is 127. The molecular formula is C19H29F3IN5O2. The number of amides is 1. The molecule has 1 unspecified atom stereocenters. The number of nitrogens with zero attached hydrogens (tertiary/aromatic N) is 3. The second kappa shape index (κ2) is 12.2. The number of halogens is 4. The molecule has 0 aromatic heterocycles. The number of nitrogens with one attached hydrogen (secondary N) is 2. The average molecular weight is 543 g/mol. The molecule has 30 heavy (non-hydrogen) atoms. The fraction of sp³-hybridized carbons (Fsp3) is 0.579. The summed E-state index contributed by atoms with van der Waals surface area (Å²) in [7, 11) is 3.17. The van der Waals surface area contributed by atoms with Crippen molar-refractivity contribution in [2.75, 3.05) is 46.9 Å². The number of hydrogen-bond acceptors (Lipinski definition) is 4. The van der Waals surface area contributed by atoms with Gasteiger partial charge in [-0.1, -0.05) is 12.1 Å². The van der Waals surface area contributed by atoms with Crippen molar-refractivity contribution in [1.29, 1.82) is 0 Å². The molecule has 1 atom stereocenters. The fourth-order valence-corrected chi connectivity index (χ4v) is 3.03. The predicted octanol–water partition coefficient (Wildman–Crippen LogP) is 2.07. The van der Waals surface area contributed by atoms with E-state index in [1.807, 2.05) is 29.2 Å². The lowest BCUT2D eigenvalue weighted by atomic mass is 10.2. The molecule has 1 aliphatic heterocycles. The van der Waals surface area contributed by atoms with E-state index in [0.717, 1.165) is 11.3 Å². The summed E-state index contributed by atoms with van der Waals surface area (Å²) in [5, 5.41) is 5.78. The highest BCUT2D eigenvalue weighted by Crippen LogP contribution is 2.25. The van der Waals surface area contributed by atoms with Gasteiger partial charge in [-0.3, -0.25) is 14.7 Å². The number of aliphatic imine (C=N–C) groups is 1. The van der Waals surface area contributed by atoms with Crippen LogP contribution in [-0.4, -0.2) is 80.8 Å². The quantitative estimate of drug-likeness (QED) is 0.327. The molecule has 7 nitrogen and oxygen atoms in total. The van der Waals surface area contributed by atoms with E-state index in [0.29, 0.717) is 25.6 Å². The Bertz CT molecular complexity index is 692. The Balaban J connectivity index is 0.00000450. The first kappa shape index (κ1) is 26.3. The first-order valence-corrected chi connectivity index (χ1v) is 9.40. The van der Waals surface area contributed by atoms with Gasteiger partial charge in [0, 0.05) is 39.8 Å². The van der Waals surface area contributed by atoms with E-state index in [2.05, 4.69) is 15.6 Å². The molecule has 1 aromatic rings. The van der Waals surface area contributed by atoms with E-state index in [1.165, 1.54) is 11.8 Å². The summed E-state index contributed by atoms with van der Waals surface area (Å²) in [5.74, 6) is 1.05. The molecule has 11 heteroatoms. The molecule has 0 radical (unpaired) electrons. The van der Waals surface area contributed by atoms with Crippen molar-refractivity contribution in [3.8, 4) is 5.75 Å². The van der Waals surface area contributed by atoms with Crippen molar-refractivity contribution in [2.45, 2.75) is 25.7 Å². The molecule has 1 fully saturated rings. The second-order valence-corrected chi connectivity index (χ2v) is 6.77. The smallest absolute Gasteiger partial charge is 0.403 e.